The Morgan fingerprint density at radius 1 is 1.06 bits per heavy atom. The minimum absolute atomic E-state index is 0.108. The monoisotopic (exact) mass is 494 g/mol. The third-order valence-electron chi connectivity index (χ3n) is 5.38. The Morgan fingerprint density at radius 3 is 2.56 bits per heavy atom. The average Bonchev–Trinajstić information content (AvgIpc) is 3.45. The molecule has 5 aromatic rings. The third kappa shape index (κ3) is 4.35. The normalized spacial score (nSPS) is 11.7. The summed E-state index contributed by atoms with van der Waals surface area (Å²) in [5.41, 5.74) is 0.228. The second kappa shape index (κ2) is 8.80. The molecule has 182 valence electrons. The first kappa shape index (κ1) is 23.0. The molecule has 1 N–H and O–H groups in total. The van der Waals surface area contributed by atoms with E-state index in [4.69, 9.17) is 4.52 Å². The van der Waals surface area contributed by atoms with Crippen LogP contribution in [0.3, 0.4) is 0 Å². The van der Waals surface area contributed by atoms with Crippen LogP contribution in [0.25, 0.3) is 28.5 Å². The second-order valence-electron chi connectivity index (χ2n) is 7.94. The molecule has 5 rings (SSSR count). The molecule has 0 atom stereocenters. The van der Waals surface area contributed by atoms with Crippen LogP contribution < -0.4 is 11.0 Å². The number of benzene rings is 2. The van der Waals surface area contributed by atoms with E-state index >= 15 is 0 Å². The van der Waals surface area contributed by atoms with Crippen LogP contribution in [-0.4, -0.2) is 30.2 Å². The Kier molecular flexibility index (Phi) is 5.63. The largest absolute Gasteiger partial charge is 0.418 e. The lowest BCUT2D eigenvalue weighted by Crippen LogP contribution is -2.28. The molecule has 0 saturated heterocycles. The number of aryl methyl sites for hydroxylation is 1. The number of anilines is 1. The van der Waals surface area contributed by atoms with Gasteiger partial charge in [-0.1, -0.05) is 47.1 Å². The first-order chi connectivity index (χ1) is 17.2. The third-order valence-corrected chi connectivity index (χ3v) is 5.38. The molecule has 12 heteroatoms. The lowest BCUT2D eigenvalue weighted by molar-refractivity contribution is -0.137. The van der Waals surface area contributed by atoms with Crippen LogP contribution in [0, 0.1) is 6.92 Å². The average molecular weight is 494 g/mol. The zero-order valence-electron chi connectivity index (χ0n) is 18.7. The number of carbonyl (C=O) groups excluding carboxylic acids is 1. The fraction of sp³-hybridized carbons (Fsp3) is 0.125. The number of halogens is 3. The number of pyridine rings is 1. The molecule has 0 spiro atoms. The number of hydrogen-bond donors (Lipinski definition) is 1. The first-order valence-electron chi connectivity index (χ1n) is 10.7. The smallest absolute Gasteiger partial charge is 0.333 e. The summed E-state index contributed by atoms with van der Waals surface area (Å²) in [6, 6.07) is 15.3. The highest BCUT2D eigenvalue weighted by Crippen LogP contribution is 2.34. The van der Waals surface area contributed by atoms with Crippen molar-refractivity contribution in [3.05, 3.63) is 88.5 Å². The molecule has 0 radical (unpaired) electrons. The Labute approximate surface area is 200 Å². The number of para-hydroxylation sites is 1. The van der Waals surface area contributed by atoms with Crippen molar-refractivity contribution in [3.8, 4) is 22.8 Å². The molecule has 0 saturated carbocycles. The highest BCUT2D eigenvalue weighted by atomic mass is 19.4. The van der Waals surface area contributed by atoms with Crippen molar-refractivity contribution < 1.29 is 22.5 Å². The first-order valence-corrected chi connectivity index (χ1v) is 10.7. The van der Waals surface area contributed by atoms with Crippen LogP contribution in [0.2, 0.25) is 0 Å². The minimum atomic E-state index is -4.65. The molecule has 1 amide bonds. The highest BCUT2D eigenvalue weighted by molar-refractivity contribution is 5.91. The maximum atomic E-state index is 13.2. The summed E-state index contributed by atoms with van der Waals surface area (Å²) in [6.45, 7) is 1.35. The quantitative estimate of drug-likeness (QED) is 0.393. The van der Waals surface area contributed by atoms with Crippen LogP contribution in [0.5, 0.6) is 0 Å². The molecule has 9 nitrogen and oxygen atoms in total. The number of amides is 1. The Bertz CT molecular complexity index is 1630. The predicted molar refractivity (Wildman–Crippen MR) is 123 cm³/mol. The highest BCUT2D eigenvalue weighted by Gasteiger charge is 2.33. The zero-order valence-corrected chi connectivity index (χ0v) is 18.7. The van der Waals surface area contributed by atoms with Crippen molar-refractivity contribution in [1.82, 2.24) is 24.3 Å². The van der Waals surface area contributed by atoms with E-state index in [0.29, 0.717) is 11.4 Å². The van der Waals surface area contributed by atoms with Gasteiger partial charge in [0, 0.05) is 11.8 Å². The van der Waals surface area contributed by atoms with E-state index < -0.39 is 35.6 Å². The van der Waals surface area contributed by atoms with Crippen LogP contribution in [0.1, 0.15) is 11.1 Å². The SMILES string of the molecule is Cc1ccc(-c2noc(-c3cccn4c(=O)n(CC(=O)Nc5ccccc5C(F)(F)F)nc34)n2)cc1. The van der Waals surface area contributed by atoms with Crippen molar-refractivity contribution in [2.24, 2.45) is 0 Å². The van der Waals surface area contributed by atoms with Gasteiger partial charge in [0.2, 0.25) is 11.7 Å². The second-order valence-corrected chi connectivity index (χ2v) is 7.94. The summed E-state index contributed by atoms with van der Waals surface area (Å²) in [5, 5.41) is 10.4. The maximum absolute atomic E-state index is 13.2. The molecule has 0 aliphatic rings. The molecular formula is C24H17F3N6O3. The van der Waals surface area contributed by atoms with Gasteiger partial charge in [-0.05, 0) is 31.2 Å². The van der Waals surface area contributed by atoms with Crippen molar-refractivity contribution in [2.75, 3.05) is 5.32 Å². The van der Waals surface area contributed by atoms with E-state index in [1.54, 1.807) is 12.1 Å². The van der Waals surface area contributed by atoms with Crippen molar-refractivity contribution in [2.45, 2.75) is 19.6 Å². The molecule has 0 aliphatic heterocycles. The Morgan fingerprint density at radius 2 is 1.81 bits per heavy atom. The van der Waals surface area contributed by atoms with Gasteiger partial charge in [0.15, 0.2) is 5.65 Å². The number of rotatable bonds is 5. The minimum Gasteiger partial charge on any atom is -0.333 e. The summed E-state index contributed by atoms with van der Waals surface area (Å²) in [7, 11) is 0. The molecular weight excluding hydrogens is 477 g/mol. The summed E-state index contributed by atoms with van der Waals surface area (Å²) < 4.78 is 47.1. The molecule has 0 unspecified atom stereocenters. The van der Waals surface area contributed by atoms with Crippen LogP contribution in [-0.2, 0) is 17.5 Å². The van der Waals surface area contributed by atoms with Gasteiger partial charge in [-0.25, -0.2) is 13.9 Å². The van der Waals surface area contributed by atoms with Crippen molar-refractivity contribution in [3.63, 3.8) is 0 Å². The molecule has 2 aromatic carbocycles. The molecule has 3 heterocycles. The van der Waals surface area contributed by atoms with Crippen molar-refractivity contribution >= 4 is 17.2 Å². The van der Waals surface area contributed by atoms with Gasteiger partial charge >= 0.3 is 11.9 Å². The number of fused-ring (bicyclic) bond motifs is 1. The molecule has 0 fully saturated rings. The fourth-order valence-corrected chi connectivity index (χ4v) is 3.63. The van der Waals surface area contributed by atoms with Crippen LogP contribution in [0.4, 0.5) is 18.9 Å². The van der Waals surface area contributed by atoms with Crippen LogP contribution in [0.15, 0.2) is 76.2 Å². The zero-order chi connectivity index (χ0) is 25.4. The van der Waals surface area contributed by atoms with Gasteiger partial charge in [-0.2, -0.15) is 18.2 Å². The van der Waals surface area contributed by atoms with E-state index in [9.17, 15) is 22.8 Å². The lowest BCUT2D eigenvalue weighted by atomic mass is 10.1. The van der Waals surface area contributed by atoms with Gasteiger partial charge in [0.1, 0.15) is 6.54 Å². The molecule has 36 heavy (non-hydrogen) atoms. The van der Waals surface area contributed by atoms with E-state index in [-0.39, 0.29) is 11.5 Å². The number of carbonyl (C=O) groups is 1. The maximum Gasteiger partial charge on any atom is 0.418 e. The Hall–Kier alpha value is -4.74. The van der Waals surface area contributed by atoms with E-state index in [1.807, 2.05) is 31.2 Å². The molecule has 0 aliphatic carbocycles. The van der Waals surface area contributed by atoms with E-state index in [1.165, 1.54) is 22.7 Å². The van der Waals surface area contributed by atoms with Crippen LogP contribution >= 0.6 is 0 Å². The van der Waals surface area contributed by atoms with E-state index in [2.05, 4.69) is 20.6 Å². The van der Waals surface area contributed by atoms with Gasteiger partial charge < -0.3 is 9.84 Å². The summed E-state index contributed by atoms with van der Waals surface area (Å²) in [4.78, 5) is 29.7. The number of nitrogens with one attached hydrogen (secondary N) is 1. The number of nitrogens with zero attached hydrogens (tertiary/aromatic N) is 5. The Balaban J connectivity index is 1.44. The number of aromatic nitrogens is 5. The summed E-state index contributed by atoms with van der Waals surface area (Å²) in [5.74, 6) is -0.397. The molecule has 3 aromatic heterocycles. The van der Waals surface area contributed by atoms with Gasteiger partial charge in [0.05, 0.1) is 16.8 Å². The van der Waals surface area contributed by atoms with E-state index in [0.717, 1.165) is 27.9 Å². The number of hydrogen-bond acceptors (Lipinski definition) is 6. The van der Waals surface area contributed by atoms with Crippen molar-refractivity contribution in [1.29, 1.82) is 0 Å². The van der Waals surface area contributed by atoms with Gasteiger partial charge in [-0.3, -0.25) is 4.79 Å². The topological polar surface area (TPSA) is 107 Å². The standard InChI is InChI=1S/C24H17F3N6O3/c1-14-8-10-15(11-9-14)20-29-22(36-31-20)16-5-4-12-32-21(16)30-33(23(32)35)13-19(34)28-18-7-3-2-6-17(18)24(25,26)27/h2-12H,13H2,1H3,(H,28,34). The number of alkyl halides is 3. The fourth-order valence-electron chi connectivity index (χ4n) is 3.63. The summed E-state index contributed by atoms with van der Waals surface area (Å²) >= 11 is 0. The lowest BCUT2D eigenvalue weighted by Gasteiger charge is -2.13. The predicted octanol–water partition coefficient (Wildman–Crippen LogP) is 4.18. The summed E-state index contributed by atoms with van der Waals surface area (Å²) in [6.07, 6.45) is -3.21. The van der Waals surface area contributed by atoms with Gasteiger partial charge in [-0.15, -0.1) is 5.10 Å². The molecule has 0 bridgehead atoms. The van der Waals surface area contributed by atoms with Gasteiger partial charge in [0.25, 0.3) is 5.89 Å².